The van der Waals surface area contributed by atoms with Gasteiger partial charge in [-0.15, -0.1) is 0 Å². The molecule has 0 spiro atoms. The summed E-state index contributed by atoms with van der Waals surface area (Å²) in [5.41, 5.74) is 0. The molecule has 0 saturated carbocycles. The Morgan fingerprint density at radius 2 is 0.400 bits per heavy atom. The maximum Gasteiger partial charge on any atom is -1.00 e. The summed E-state index contributed by atoms with van der Waals surface area (Å²) in [7, 11) is 0. The van der Waals surface area contributed by atoms with E-state index in [-0.39, 0.29) is 45.0 Å². The van der Waals surface area contributed by atoms with Crippen LogP contribution in [0, 0.1) is 0 Å². The van der Waals surface area contributed by atoms with E-state index in [1.54, 1.807) is 0 Å². The Morgan fingerprint density at radius 1 is 0.400 bits per heavy atom. The minimum Gasteiger partial charge on any atom is -1.00 e. The molecule has 5 heteroatoms. The number of rotatable bonds is 0. The molecule has 0 aromatic carbocycles. The summed E-state index contributed by atoms with van der Waals surface area (Å²) < 4.78 is 0. The van der Waals surface area contributed by atoms with Crippen molar-refractivity contribution in [2.75, 3.05) is 0 Å². The van der Waals surface area contributed by atoms with Crippen LogP contribution in [-0.2, 0) is 0 Å². The van der Waals surface area contributed by atoms with E-state index in [1.165, 1.54) is 0 Å². The first kappa shape index (κ1) is 326. The molecule has 0 rings (SSSR count). The molecule has 0 atom stereocenters. The largest absolute Gasteiger partial charge is 1.00 e. The van der Waals surface area contributed by atoms with E-state index >= 15 is 0 Å². The Balaban J connectivity index is 0. The zero-order valence-electron chi connectivity index (χ0n) is 2.01. The Bertz CT molecular complexity index is 3.61. The Kier molecular flexibility index (Phi) is 10700. The van der Waals surface area contributed by atoms with Gasteiger partial charge in [-0.3, -0.25) is 0 Å². The van der Waals surface area contributed by atoms with Gasteiger partial charge >= 0.3 is 26.2 Å². The molecule has 0 aliphatic rings. The standard InChI is InChI=1S/Bi.4FH.H/h;4*1H;/q+4;;;;;/p-4. The van der Waals surface area contributed by atoms with Crippen LogP contribution in [0.15, 0.2) is 0 Å². The van der Waals surface area contributed by atoms with E-state index in [9.17, 15) is 0 Å². The normalized spacial score (nSPS) is 0. The third-order valence-electron chi connectivity index (χ3n) is 0. The van der Waals surface area contributed by atoms with Crippen molar-refractivity contribution in [3.63, 3.8) is 0 Å². The van der Waals surface area contributed by atoms with Crippen molar-refractivity contribution in [1.29, 1.82) is 0 Å². The number of hydrogen-bond donors (Lipinski definition) is 0. The molecule has 0 aliphatic carbocycles. The Morgan fingerprint density at radius 3 is 0.400 bits per heavy atom. The van der Waals surface area contributed by atoms with E-state index in [0.29, 0.717) is 0 Å². The summed E-state index contributed by atoms with van der Waals surface area (Å²) >= 11 is 0. The van der Waals surface area contributed by atoms with Gasteiger partial charge in [-0.05, 0) is 0 Å². The van der Waals surface area contributed by atoms with Crippen LogP contribution < -0.4 is 18.8 Å². The van der Waals surface area contributed by atoms with Crippen molar-refractivity contribution in [1.82, 2.24) is 0 Å². The number of halogens is 4. The molecule has 0 nitrogen and oxygen atoms in total. The van der Waals surface area contributed by atoms with Gasteiger partial charge in [0.2, 0.25) is 0 Å². The van der Waals surface area contributed by atoms with Crippen LogP contribution in [0.1, 0.15) is 0 Å². The van der Waals surface area contributed by atoms with Crippen LogP contribution >= 0.6 is 0 Å². The fraction of sp³-hybridized carbons (Fsp3) is 0. The summed E-state index contributed by atoms with van der Waals surface area (Å²) in [6.07, 6.45) is 0. The van der Waals surface area contributed by atoms with Crippen molar-refractivity contribution >= 4 is 26.2 Å². The van der Waals surface area contributed by atoms with Gasteiger partial charge in [0.05, 0.1) is 0 Å². The summed E-state index contributed by atoms with van der Waals surface area (Å²) in [6.45, 7) is 0. The summed E-state index contributed by atoms with van der Waals surface area (Å²) in [4.78, 5) is 0. The smallest absolute Gasteiger partial charge is 1.00 e. The Labute approximate surface area is 45.5 Å². The van der Waals surface area contributed by atoms with Gasteiger partial charge in [-0.1, -0.05) is 0 Å². The van der Waals surface area contributed by atoms with Crippen LogP contribution in [0.3, 0.4) is 0 Å². The molecule has 0 heterocycles. The van der Waals surface area contributed by atoms with Crippen molar-refractivity contribution in [3.05, 3.63) is 0 Å². The molecule has 0 saturated heterocycles. The van der Waals surface area contributed by atoms with Gasteiger partial charge in [-0.2, -0.15) is 0 Å². The molecule has 0 unspecified atom stereocenters. The van der Waals surface area contributed by atoms with Crippen molar-refractivity contribution in [3.8, 4) is 0 Å². The van der Waals surface area contributed by atoms with E-state index in [4.69, 9.17) is 0 Å². The van der Waals surface area contributed by atoms with E-state index in [1.807, 2.05) is 0 Å². The molecule has 0 fully saturated rings. The summed E-state index contributed by atoms with van der Waals surface area (Å²) in [5.74, 6) is 0. The zero-order chi connectivity index (χ0) is 0. The van der Waals surface area contributed by atoms with E-state index in [2.05, 4.69) is 0 Å². The molecule has 5 heavy (non-hydrogen) atoms. The minimum absolute atomic E-state index is 0. The monoisotopic (exact) mass is 286 g/mol. The summed E-state index contributed by atoms with van der Waals surface area (Å²) in [5, 5.41) is 0. The molecule has 0 amide bonds. The van der Waals surface area contributed by atoms with Gasteiger partial charge in [0, 0.05) is 0 Å². The zero-order valence-corrected chi connectivity index (χ0v) is 5.90. The van der Waals surface area contributed by atoms with Gasteiger partial charge in [0.25, 0.3) is 0 Å². The molecule has 0 radical (unpaired) electrons. The third kappa shape index (κ3) is 85.8. The SMILES string of the molecule is [BiH+4].[F-].[F-].[F-].[F-]. The first-order valence-corrected chi connectivity index (χ1v) is 0. The maximum atomic E-state index is 0. The predicted octanol–water partition coefficient (Wildman–Crippen LogP) is -12.6. The van der Waals surface area contributed by atoms with Gasteiger partial charge in [0.15, 0.2) is 0 Å². The topological polar surface area (TPSA) is 0 Å². The van der Waals surface area contributed by atoms with Crippen LogP contribution in [0.2, 0.25) is 0 Å². The molecule has 0 aromatic rings. The second-order valence-electron chi connectivity index (χ2n) is 0. The van der Waals surface area contributed by atoms with Crippen molar-refractivity contribution in [2.45, 2.75) is 0 Å². The Hall–Kier alpha value is 0.603. The molecule has 0 bridgehead atoms. The van der Waals surface area contributed by atoms with Gasteiger partial charge in [0.1, 0.15) is 0 Å². The van der Waals surface area contributed by atoms with Gasteiger partial charge in [-0.25, -0.2) is 0 Å². The average molecular weight is 286 g/mol. The number of hydrogen-bond acceptors (Lipinski definition) is 0. The average Bonchev–Trinajstić information content (AvgIpc) is 0. The van der Waals surface area contributed by atoms with Crippen molar-refractivity contribution < 1.29 is 18.8 Å². The molecule has 34 valence electrons. The van der Waals surface area contributed by atoms with Crippen molar-refractivity contribution in [2.24, 2.45) is 0 Å². The van der Waals surface area contributed by atoms with Crippen LogP contribution in [0.25, 0.3) is 0 Å². The molecular formula is HBiF4. The quantitative estimate of drug-likeness (QED) is 0.306. The predicted molar refractivity (Wildman–Crippen MR) is 7.15 cm³/mol. The fourth-order valence-corrected chi connectivity index (χ4v) is 0. The minimum atomic E-state index is 0. The van der Waals surface area contributed by atoms with E-state index < -0.39 is 0 Å². The summed E-state index contributed by atoms with van der Waals surface area (Å²) in [6, 6.07) is 0. The van der Waals surface area contributed by atoms with Gasteiger partial charge < -0.3 is 18.8 Å². The second-order valence-corrected chi connectivity index (χ2v) is 0. The fourth-order valence-electron chi connectivity index (χ4n) is 0. The third-order valence-corrected chi connectivity index (χ3v) is 0. The maximum absolute atomic E-state index is 0. The molecular weight excluding hydrogens is 285 g/mol. The second kappa shape index (κ2) is 164. The van der Waals surface area contributed by atoms with Crippen LogP contribution in [0.4, 0.5) is 0 Å². The van der Waals surface area contributed by atoms with Crippen LogP contribution in [-0.4, -0.2) is 26.2 Å². The first-order chi connectivity index (χ1) is 0. The molecule has 0 aromatic heterocycles. The molecule has 0 N–H and O–H groups in total. The molecule has 0 aliphatic heterocycles. The first-order valence-electron chi connectivity index (χ1n) is 0. The van der Waals surface area contributed by atoms with E-state index in [0.717, 1.165) is 0 Å². The van der Waals surface area contributed by atoms with Crippen LogP contribution in [0.5, 0.6) is 0 Å².